The minimum atomic E-state index is -2.93. The van der Waals surface area contributed by atoms with E-state index in [4.69, 9.17) is 0 Å². The van der Waals surface area contributed by atoms with Gasteiger partial charge in [-0.3, -0.25) is 0 Å². The smallest absolute Gasteiger partial charge is 0.309 e. The molecular weight excluding hydrogens is 352 g/mol. The molecule has 1 atom stereocenters. The van der Waals surface area contributed by atoms with Gasteiger partial charge in [0.25, 0.3) is 0 Å². The standard InChI is InChI=1S/C18H20N4O3S/c1-21-18(23)22-11-15(13-5-3-2-4-6-13)9-14(17(22)20-21)10-19-16-7-8-26(24,25)12-16/h2-6,9,11,16,19H,7-8,10,12H2,1H3/t16-/m1/s1. The molecule has 1 N–H and O–H groups in total. The summed E-state index contributed by atoms with van der Waals surface area (Å²) in [6.45, 7) is 0.459. The molecule has 2 aromatic heterocycles. The first-order chi connectivity index (χ1) is 12.4. The topological polar surface area (TPSA) is 85.5 Å². The summed E-state index contributed by atoms with van der Waals surface area (Å²) in [5, 5.41) is 7.64. The fourth-order valence-electron chi connectivity index (χ4n) is 3.37. The van der Waals surface area contributed by atoms with Crippen LogP contribution in [0.3, 0.4) is 0 Å². The number of hydrogen-bond acceptors (Lipinski definition) is 5. The van der Waals surface area contributed by atoms with E-state index in [2.05, 4.69) is 10.4 Å². The maximum Gasteiger partial charge on any atom is 0.350 e. The molecule has 136 valence electrons. The van der Waals surface area contributed by atoms with Crippen molar-refractivity contribution in [1.82, 2.24) is 19.5 Å². The first-order valence-corrected chi connectivity index (χ1v) is 10.3. The van der Waals surface area contributed by atoms with Crippen LogP contribution in [0.15, 0.2) is 47.4 Å². The van der Waals surface area contributed by atoms with Gasteiger partial charge in [0, 0.05) is 31.4 Å². The highest BCUT2D eigenvalue weighted by Gasteiger charge is 2.27. The number of aryl methyl sites for hydroxylation is 1. The van der Waals surface area contributed by atoms with Gasteiger partial charge in [0.2, 0.25) is 0 Å². The fourth-order valence-corrected chi connectivity index (χ4v) is 5.08. The van der Waals surface area contributed by atoms with Gasteiger partial charge < -0.3 is 5.32 Å². The Morgan fingerprint density at radius 3 is 2.69 bits per heavy atom. The molecule has 8 heteroatoms. The van der Waals surface area contributed by atoms with Crippen LogP contribution in [0.25, 0.3) is 16.8 Å². The molecule has 0 saturated carbocycles. The van der Waals surface area contributed by atoms with Crippen LogP contribution in [-0.4, -0.2) is 40.1 Å². The van der Waals surface area contributed by atoms with E-state index in [1.54, 1.807) is 17.6 Å². The van der Waals surface area contributed by atoms with Crippen LogP contribution in [0.2, 0.25) is 0 Å². The number of fused-ring (bicyclic) bond motifs is 1. The molecule has 3 heterocycles. The first-order valence-electron chi connectivity index (χ1n) is 8.50. The molecule has 1 aromatic carbocycles. The Bertz CT molecular complexity index is 1120. The van der Waals surface area contributed by atoms with E-state index < -0.39 is 9.84 Å². The molecule has 1 fully saturated rings. The minimum Gasteiger partial charge on any atom is -0.309 e. The number of rotatable bonds is 4. The monoisotopic (exact) mass is 372 g/mol. The van der Waals surface area contributed by atoms with Crippen LogP contribution in [0.5, 0.6) is 0 Å². The third kappa shape index (κ3) is 3.17. The minimum absolute atomic E-state index is 0.0594. The Morgan fingerprint density at radius 2 is 2.00 bits per heavy atom. The van der Waals surface area contributed by atoms with Crippen LogP contribution in [-0.2, 0) is 23.4 Å². The normalized spacial score (nSPS) is 19.2. The molecule has 1 saturated heterocycles. The molecule has 4 rings (SSSR count). The number of nitrogens with zero attached hydrogens (tertiary/aromatic N) is 3. The zero-order valence-electron chi connectivity index (χ0n) is 14.4. The second-order valence-electron chi connectivity index (χ2n) is 6.70. The van der Waals surface area contributed by atoms with Crippen molar-refractivity contribution in [1.29, 1.82) is 0 Å². The van der Waals surface area contributed by atoms with Gasteiger partial charge in [-0.1, -0.05) is 30.3 Å². The summed E-state index contributed by atoms with van der Waals surface area (Å²) in [5.74, 6) is 0.393. The van der Waals surface area contributed by atoms with E-state index in [-0.39, 0.29) is 23.2 Å². The van der Waals surface area contributed by atoms with Crippen molar-refractivity contribution in [3.63, 3.8) is 0 Å². The zero-order valence-corrected chi connectivity index (χ0v) is 15.2. The average Bonchev–Trinajstić information content (AvgIpc) is 3.13. The summed E-state index contributed by atoms with van der Waals surface area (Å²) in [6.07, 6.45) is 2.41. The molecule has 0 bridgehead atoms. The van der Waals surface area contributed by atoms with Crippen LogP contribution in [0.4, 0.5) is 0 Å². The maximum atomic E-state index is 12.4. The third-order valence-corrected chi connectivity index (χ3v) is 6.53. The van der Waals surface area contributed by atoms with E-state index in [1.807, 2.05) is 36.4 Å². The molecule has 0 spiro atoms. The van der Waals surface area contributed by atoms with Crippen molar-refractivity contribution in [3.05, 3.63) is 58.6 Å². The summed E-state index contributed by atoms with van der Waals surface area (Å²) < 4.78 is 26.2. The zero-order chi connectivity index (χ0) is 18.3. The predicted octanol–water partition coefficient (Wildman–Crippen LogP) is 0.977. The highest BCUT2D eigenvalue weighted by Crippen LogP contribution is 2.22. The Kier molecular flexibility index (Phi) is 4.16. The molecule has 1 aliphatic heterocycles. The molecule has 26 heavy (non-hydrogen) atoms. The van der Waals surface area contributed by atoms with Gasteiger partial charge >= 0.3 is 5.69 Å². The predicted molar refractivity (Wildman–Crippen MR) is 99.8 cm³/mol. The average molecular weight is 372 g/mol. The van der Waals surface area contributed by atoms with Crippen molar-refractivity contribution >= 4 is 15.5 Å². The number of hydrogen-bond donors (Lipinski definition) is 1. The van der Waals surface area contributed by atoms with E-state index >= 15 is 0 Å². The van der Waals surface area contributed by atoms with E-state index in [0.717, 1.165) is 16.7 Å². The largest absolute Gasteiger partial charge is 0.350 e. The fraction of sp³-hybridized carbons (Fsp3) is 0.333. The summed E-state index contributed by atoms with van der Waals surface area (Å²) in [5.41, 5.74) is 3.18. The number of aromatic nitrogens is 3. The lowest BCUT2D eigenvalue weighted by atomic mass is 10.1. The van der Waals surface area contributed by atoms with E-state index in [0.29, 0.717) is 18.6 Å². The van der Waals surface area contributed by atoms with E-state index in [9.17, 15) is 13.2 Å². The SMILES string of the molecule is Cn1nc2c(CN[C@@H]3CCS(=O)(=O)C3)cc(-c3ccccc3)cn2c1=O. The molecule has 0 unspecified atom stereocenters. The third-order valence-electron chi connectivity index (χ3n) is 4.76. The van der Waals surface area contributed by atoms with Crippen molar-refractivity contribution in [2.45, 2.75) is 19.0 Å². The lowest BCUT2D eigenvalue weighted by Gasteiger charge is -2.12. The van der Waals surface area contributed by atoms with Gasteiger partial charge in [0.05, 0.1) is 11.5 Å². The summed E-state index contributed by atoms with van der Waals surface area (Å²) >= 11 is 0. The lowest BCUT2D eigenvalue weighted by molar-refractivity contribution is 0.554. The summed E-state index contributed by atoms with van der Waals surface area (Å²) in [6, 6.07) is 11.8. The molecular formula is C18H20N4O3S. The van der Waals surface area contributed by atoms with Crippen LogP contribution in [0, 0.1) is 0 Å². The Labute approximate surface area is 151 Å². The molecule has 0 aliphatic carbocycles. The van der Waals surface area contributed by atoms with Crippen molar-refractivity contribution in [3.8, 4) is 11.1 Å². The number of benzene rings is 1. The van der Waals surface area contributed by atoms with Crippen LogP contribution < -0.4 is 11.0 Å². The van der Waals surface area contributed by atoms with Crippen molar-refractivity contribution in [2.75, 3.05) is 11.5 Å². The Hall–Kier alpha value is -2.45. The highest BCUT2D eigenvalue weighted by atomic mass is 32.2. The Balaban J connectivity index is 1.72. The molecule has 7 nitrogen and oxygen atoms in total. The molecule has 0 radical (unpaired) electrons. The van der Waals surface area contributed by atoms with Gasteiger partial charge in [-0.05, 0) is 23.6 Å². The Morgan fingerprint density at radius 1 is 1.23 bits per heavy atom. The molecule has 3 aromatic rings. The summed E-state index contributed by atoms with van der Waals surface area (Å²) in [4.78, 5) is 12.4. The first kappa shape index (κ1) is 17.0. The number of sulfone groups is 1. The van der Waals surface area contributed by atoms with Gasteiger partial charge in [-0.25, -0.2) is 22.3 Å². The second kappa shape index (κ2) is 6.37. The van der Waals surface area contributed by atoms with Crippen molar-refractivity contribution < 1.29 is 8.42 Å². The second-order valence-corrected chi connectivity index (χ2v) is 8.93. The highest BCUT2D eigenvalue weighted by molar-refractivity contribution is 7.91. The molecule has 0 amide bonds. The number of pyridine rings is 1. The quantitative estimate of drug-likeness (QED) is 0.738. The maximum absolute atomic E-state index is 12.4. The van der Waals surface area contributed by atoms with Crippen LogP contribution >= 0.6 is 0 Å². The van der Waals surface area contributed by atoms with Crippen molar-refractivity contribution in [2.24, 2.45) is 7.05 Å². The van der Waals surface area contributed by atoms with Gasteiger partial charge in [0.1, 0.15) is 0 Å². The van der Waals surface area contributed by atoms with Gasteiger partial charge in [-0.2, -0.15) is 0 Å². The summed E-state index contributed by atoms with van der Waals surface area (Å²) in [7, 11) is -1.31. The number of nitrogens with one attached hydrogen (secondary N) is 1. The van der Waals surface area contributed by atoms with E-state index in [1.165, 1.54) is 4.68 Å². The van der Waals surface area contributed by atoms with Gasteiger partial charge in [-0.15, -0.1) is 5.10 Å². The lowest BCUT2D eigenvalue weighted by Crippen LogP contribution is -2.29. The van der Waals surface area contributed by atoms with Gasteiger partial charge in [0.15, 0.2) is 15.5 Å². The molecule has 1 aliphatic rings. The van der Waals surface area contributed by atoms with Crippen LogP contribution in [0.1, 0.15) is 12.0 Å².